The first-order valence-electron chi connectivity index (χ1n) is 8.60. The van der Waals surface area contributed by atoms with Crippen LogP contribution >= 0.6 is 0 Å². The minimum absolute atomic E-state index is 0.180. The van der Waals surface area contributed by atoms with Gasteiger partial charge in [0.25, 0.3) is 0 Å². The van der Waals surface area contributed by atoms with Crippen molar-refractivity contribution < 1.29 is 4.79 Å². The number of amides is 1. The normalized spacial score (nSPS) is 28.0. The maximum atomic E-state index is 12.2. The van der Waals surface area contributed by atoms with Crippen LogP contribution < -0.4 is 4.90 Å². The van der Waals surface area contributed by atoms with Crippen molar-refractivity contribution in [2.45, 2.75) is 44.6 Å². The summed E-state index contributed by atoms with van der Waals surface area (Å²) in [5.74, 6) is 1.15. The van der Waals surface area contributed by atoms with Gasteiger partial charge in [0.05, 0.1) is 5.56 Å². The van der Waals surface area contributed by atoms with Gasteiger partial charge in [-0.15, -0.1) is 0 Å². The number of hydrogen-bond donors (Lipinski definition) is 0. The van der Waals surface area contributed by atoms with Crippen LogP contribution in [0.4, 0.5) is 5.82 Å². The van der Waals surface area contributed by atoms with Crippen LogP contribution in [0, 0.1) is 16.7 Å². The zero-order valence-electron chi connectivity index (χ0n) is 13.4. The van der Waals surface area contributed by atoms with Crippen molar-refractivity contribution in [1.82, 2.24) is 9.88 Å². The third kappa shape index (κ3) is 2.67. The highest BCUT2D eigenvalue weighted by atomic mass is 16.2. The number of carbonyl (C=O) groups is 1. The second-order valence-corrected chi connectivity index (χ2v) is 7.26. The minimum Gasteiger partial charge on any atom is -0.355 e. The van der Waals surface area contributed by atoms with Gasteiger partial charge in [0, 0.05) is 43.7 Å². The maximum Gasteiger partial charge on any atom is 0.222 e. The monoisotopic (exact) mass is 310 g/mol. The number of nitrogens with zero attached hydrogens (tertiary/aromatic N) is 4. The minimum atomic E-state index is 0.180. The molecule has 1 saturated carbocycles. The summed E-state index contributed by atoms with van der Waals surface area (Å²) >= 11 is 0. The molecule has 1 amide bonds. The molecule has 5 heteroatoms. The average molecular weight is 310 g/mol. The van der Waals surface area contributed by atoms with Gasteiger partial charge in [-0.1, -0.05) is 0 Å². The highest BCUT2D eigenvalue weighted by Crippen LogP contribution is 2.43. The predicted molar refractivity (Wildman–Crippen MR) is 86.8 cm³/mol. The van der Waals surface area contributed by atoms with E-state index >= 15 is 0 Å². The van der Waals surface area contributed by atoms with E-state index in [4.69, 9.17) is 0 Å². The molecule has 120 valence electrons. The molecule has 3 fully saturated rings. The summed E-state index contributed by atoms with van der Waals surface area (Å²) in [5, 5.41) is 9.34. The third-order valence-corrected chi connectivity index (χ3v) is 5.55. The molecule has 0 aromatic carbocycles. The van der Waals surface area contributed by atoms with E-state index in [2.05, 4.69) is 20.9 Å². The lowest BCUT2D eigenvalue weighted by molar-refractivity contribution is -0.138. The summed E-state index contributed by atoms with van der Waals surface area (Å²) in [6.45, 7) is 2.75. The molecular weight excluding hydrogens is 288 g/mol. The van der Waals surface area contributed by atoms with Crippen molar-refractivity contribution in [2.75, 3.05) is 24.5 Å². The molecule has 1 unspecified atom stereocenters. The summed E-state index contributed by atoms with van der Waals surface area (Å²) < 4.78 is 0. The van der Waals surface area contributed by atoms with Crippen molar-refractivity contribution in [3.05, 3.63) is 23.9 Å². The Morgan fingerprint density at radius 2 is 2.17 bits per heavy atom. The van der Waals surface area contributed by atoms with Gasteiger partial charge in [0.15, 0.2) is 0 Å². The summed E-state index contributed by atoms with van der Waals surface area (Å²) in [5.41, 5.74) is 0.828. The molecule has 3 aliphatic rings. The highest BCUT2D eigenvalue weighted by molar-refractivity contribution is 5.78. The molecule has 0 radical (unpaired) electrons. The average Bonchev–Trinajstić information content (AvgIpc) is 3.42. The number of anilines is 1. The lowest BCUT2D eigenvalue weighted by Gasteiger charge is -2.48. The number of aromatic nitrogens is 1. The first-order chi connectivity index (χ1) is 11.2. The van der Waals surface area contributed by atoms with Gasteiger partial charge in [-0.2, -0.15) is 5.26 Å². The summed E-state index contributed by atoms with van der Waals surface area (Å²) in [6, 6.07) is 6.41. The molecule has 1 atom stereocenters. The van der Waals surface area contributed by atoms with Crippen LogP contribution in [0.5, 0.6) is 0 Å². The Labute approximate surface area is 136 Å². The van der Waals surface area contributed by atoms with Gasteiger partial charge >= 0.3 is 0 Å². The highest BCUT2D eigenvalue weighted by Gasteiger charge is 2.45. The second kappa shape index (κ2) is 5.52. The van der Waals surface area contributed by atoms with Gasteiger partial charge < -0.3 is 9.80 Å². The fourth-order valence-electron chi connectivity index (χ4n) is 4.22. The van der Waals surface area contributed by atoms with Crippen LogP contribution in [-0.2, 0) is 4.79 Å². The van der Waals surface area contributed by atoms with Crippen LogP contribution in [0.2, 0.25) is 0 Å². The quantitative estimate of drug-likeness (QED) is 0.841. The molecular formula is C18H22N4O. The Morgan fingerprint density at radius 1 is 1.30 bits per heavy atom. The van der Waals surface area contributed by atoms with Gasteiger partial charge in [-0.25, -0.2) is 4.98 Å². The molecule has 4 rings (SSSR count). The smallest absolute Gasteiger partial charge is 0.222 e. The molecule has 5 nitrogen and oxygen atoms in total. The van der Waals surface area contributed by atoms with E-state index in [1.54, 1.807) is 6.20 Å². The standard InChI is InChI=1S/C18H22N4O/c19-11-14-3-1-9-20-17(14)21-10-2-7-18(12-21)8-6-16(23)22(13-18)15-4-5-15/h1,3,9,15H,2,4-8,10,12-13H2. The number of rotatable bonds is 2. The van der Waals surface area contributed by atoms with Gasteiger partial charge in [0.1, 0.15) is 11.9 Å². The van der Waals surface area contributed by atoms with Crippen molar-refractivity contribution in [2.24, 2.45) is 5.41 Å². The first kappa shape index (κ1) is 14.5. The van der Waals surface area contributed by atoms with Crippen molar-refractivity contribution in [3.8, 4) is 6.07 Å². The molecule has 2 aliphatic heterocycles. The van der Waals surface area contributed by atoms with Crippen molar-refractivity contribution in [1.29, 1.82) is 5.26 Å². The summed E-state index contributed by atoms with van der Waals surface area (Å²) in [7, 11) is 0. The molecule has 1 aromatic rings. The number of carbonyl (C=O) groups excluding carboxylic acids is 1. The zero-order valence-corrected chi connectivity index (χ0v) is 13.4. The zero-order chi connectivity index (χ0) is 15.9. The predicted octanol–water partition coefficient (Wildman–Crippen LogP) is 2.32. The van der Waals surface area contributed by atoms with Gasteiger partial charge in [-0.3, -0.25) is 4.79 Å². The van der Waals surface area contributed by atoms with E-state index < -0.39 is 0 Å². The molecule has 1 aromatic heterocycles. The fourth-order valence-corrected chi connectivity index (χ4v) is 4.22. The van der Waals surface area contributed by atoms with E-state index in [9.17, 15) is 10.1 Å². The van der Waals surface area contributed by atoms with Crippen molar-refractivity contribution >= 4 is 11.7 Å². The summed E-state index contributed by atoms with van der Waals surface area (Å²) in [6.07, 6.45) is 8.04. The number of pyridine rings is 1. The molecule has 3 heterocycles. The van der Waals surface area contributed by atoms with Crippen molar-refractivity contribution in [3.63, 3.8) is 0 Å². The number of hydrogen-bond acceptors (Lipinski definition) is 4. The Balaban J connectivity index is 1.57. The molecule has 2 saturated heterocycles. The molecule has 0 bridgehead atoms. The van der Waals surface area contributed by atoms with Gasteiger partial charge in [-0.05, 0) is 44.2 Å². The topological polar surface area (TPSA) is 60.2 Å². The van der Waals surface area contributed by atoms with Crippen LogP contribution in [0.25, 0.3) is 0 Å². The van der Waals surface area contributed by atoms with Crippen LogP contribution in [0.15, 0.2) is 18.3 Å². The maximum absolute atomic E-state index is 12.2. The SMILES string of the molecule is N#Cc1cccnc1N1CCCC2(CCC(=O)N(C3CC3)C2)C1. The van der Waals surface area contributed by atoms with E-state index in [1.165, 1.54) is 19.3 Å². The number of piperidine rings is 2. The first-order valence-corrected chi connectivity index (χ1v) is 8.60. The van der Waals surface area contributed by atoms with E-state index in [-0.39, 0.29) is 5.41 Å². The lowest BCUT2D eigenvalue weighted by atomic mass is 9.73. The van der Waals surface area contributed by atoms with E-state index in [0.29, 0.717) is 23.9 Å². The number of likely N-dealkylation sites (tertiary alicyclic amines) is 1. The van der Waals surface area contributed by atoms with Crippen LogP contribution in [0.1, 0.15) is 44.1 Å². The fraction of sp³-hybridized carbons (Fsp3) is 0.611. The second-order valence-electron chi connectivity index (χ2n) is 7.26. The number of nitriles is 1. The van der Waals surface area contributed by atoms with E-state index in [0.717, 1.165) is 38.3 Å². The molecule has 1 spiro atoms. The van der Waals surface area contributed by atoms with Crippen LogP contribution in [0.3, 0.4) is 0 Å². The molecule has 23 heavy (non-hydrogen) atoms. The molecule has 1 aliphatic carbocycles. The van der Waals surface area contributed by atoms with Gasteiger partial charge in [0.2, 0.25) is 5.91 Å². The third-order valence-electron chi connectivity index (χ3n) is 5.55. The van der Waals surface area contributed by atoms with E-state index in [1.807, 2.05) is 12.1 Å². The lowest BCUT2D eigenvalue weighted by Crippen LogP contribution is -2.54. The van der Waals surface area contributed by atoms with Crippen LogP contribution in [-0.4, -0.2) is 41.5 Å². The molecule has 0 N–H and O–H groups in total. The Kier molecular flexibility index (Phi) is 3.48. The summed E-state index contributed by atoms with van der Waals surface area (Å²) in [4.78, 5) is 21.1. The Bertz CT molecular complexity index is 663. The largest absolute Gasteiger partial charge is 0.355 e. The Morgan fingerprint density at radius 3 is 2.96 bits per heavy atom. The Hall–Kier alpha value is -2.09.